The number of carbonyl (C=O) groups excluding carboxylic acids is 2. The molecule has 0 fully saturated rings. The molecule has 0 aliphatic carbocycles. The lowest BCUT2D eigenvalue weighted by Crippen LogP contribution is -2.08. The van der Waals surface area contributed by atoms with E-state index < -0.39 is 11.9 Å². The molecule has 0 radical (unpaired) electrons. The van der Waals surface area contributed by atoms with E-state index in [9.17, 15) is 9.59 Å². The molecule has 1 aromatic carbocycles. The molecule has 1 rings (SSSR count). The number of terminal acetylenes is 1. The van der Waals surface area contributed by atoms with Crippen molar-refractivity contribution < 1.29 is 19.1 Å². The molecular weight excluding hydrogens is 220 g/mol. The summed E-state index contributed by atoms with van der Waals surface area (Å²) in [7, 11) is 1.28. The number of benzene rings is 1. The van der Waals surface area contributed by atoms with Gasteiger partial charge in [-0.25, -0.2) is 9.59 Å². The number of hydrogen-bond acceptors (Lipinski definition) is 4. The number of methoxy groups -OCH3 is 1. The van der Waals surface area contributed by atoms with Crippen molar-refractivity contribution in [2.45, 2.75) is 6.42 Å². The van der Waals surface area contributed by atoms with Crippen LogP contribution in [0.25, 0.3) is 0 Å². The molecule has 4 heteroatoms. The third-order valence-corrected chi connectivity index (χ3v) is 2.00. The van der Waals surface area contributed by atoms with E-state index in [2.05, 4.69) is 10.7 Å². The molecule has 0 heterocycles. The summed E-state index contributed by atoms with van der Waals surface area (Å²) >= 11 is 0. The molecule has 0 amide bonds. The van der Waals surface area contributed by atoms with E-state index in [1.165, 1.54) is 13.2 Å². The van der Waals surface area contributed by atoms with E-state index in [1.54, 1.807) is 18.2 Å². The molecule has 0 saturated heterocycles. The third-order valence-electron chi connectivity index (χ3n) is 2.00. The molecule has 17 heavy (non-hydrogen) atoms. The average molecular weight is 232 g/mol. The van der Waals surface area contributed by atoms with Crippen LogP contribution in [-0.2, 0) is 9.47 Å². The number of esters is 2. The topological polar surface area (TPSA) is 52.6 Å². The zero-order chi connectivity index (χ0) is 12.7. The van der Waals surface area contributed by atoms with Crippen molar-refractivity contribution in [2.24, 2.45) is 0 Å². The van der Waals surface area contributed by atoms with Crippen molar-refractivity contribution in [3.63, 3.8) is 0 Å². The van der Waals surface area contributed by atoms with Gasteiger partial charge in [0, 0.05) is 6.42 Å². The van der Waals surface area contributed by atoms with Crippen LogP contribution in [0.1, 0.15) is 27.1 Å². The highest BCUT2D eigenvalue weighted by molar-refractivity contribution is 5.95. The summed E-state index contributed by atoms with van der Waals surface area (Å²) in [6.07, 6.45) is 5.40. The third kappa shape index (κ3) is 3.65. The number of hydrogen-bond donors (Lipinski definition) is 0. The molecule has 88 valence electrons. The molecule has 0 aromatic heterocycles. The Bertz CT molecular complexity index is 457. The lowest BCUT2D eigenvalue weighted by molar-refractivity contribution is 0.0513. The smallest absolute Gasteiger partial charge is 0.338 e. The maximum Gasteiger partial charge on any atom is 0.338 e. The highest BCUT2D eigenvalue weighted by Gasteiger charge is 2.11. The Kier molecular flexibility index (Phi) is 4.77. The first kappa shape index (κ1) is 12.8. The van der Waals surface area contributed by atoms with Gasteiger partial charge in [-0.3, -0.25) is 0 Å². The summed E-state index contributed by atoms with van der Waals surface area (Å²) in [6, 6.07) is 6.13. The summed E-state index contributed by atoms with van der Waals surface area (Å²) < 4.78 is 9.46. The predicted molar refractivity (Wildman–Crippen MR) is 61.5 cm³/mol. The molecule has 0 bridgehead atoms. The lowest BCUT2D eigenvalue weighted by atomic mass is 10.1. The van der Waals surface area contributed by atoms with Crippen LogP contribution in [0.4, 0.5) is 0 Å². The first-order valence-corrected chi connectivity index (χ1v) is 4.98. The van der Waals surface area contributed by atoms with Crippen LogP contribution in [-0.4, -0.2) is 25.7 Å². The van der Waals surface area contributed by atoms with E-state index in [0.29, 0.717) is 17.5 Å². The van der Waals surface area contributed by atoms with E-state index in [0.717, 1.165) is 0 Å². The average Bonchev–Trinajstić information content (AvgIpc) is 2.38. The van der Waals surface area contributed by atoms with Crippen molar-refractivity contribution in [2.75, 3.05) is 13.7 Å². The minimum absolute atomic E-state index is 0.164. The van der Waals surface area contributed by atoms with E-state index >= 15 is 0 Å². The second-order valence-electron chi connectivity index (χ2n) is 3.16. The van der Waals surface area contributed by atoms with Crippen molar-refractivity contribution in [1.29, 1.82) is 0 Å². The van der Waals surface area contributed by atoms with Gasteiger partial charge in [0.1, 0.15) is 6.61 Å². The Balaban J connectivity index is 2.74. The molecule has 0 saturated carbocycles. The van der Waals surface area contributed by atoms with Gasteiger partial charge in [0.25, 0.3) is 0 Å². The van der Waals surface area contributed by atoms with Gasteiger partial charge in [0.2, 0.25) is 0 Å². The van der Waals surface area contributed by atoms with Gasteiger partial charge in [-0.1, -0.05) is 6.07 Å². The highest BCUT2D eigenvalue weighted by Crippen LogP contribution is 2.08. The maximum absolute atomic E-state index is 11.5. The molecule has 0 unspecified atom stereocenters. The Morgan fingerprint density at radius 3 is 2.53 bits per heavy atom. The lowest BCUT2D eigenvalue weighted by Gasteiger charge is -2.04. The van der Waals surface area contributed by atoms with Gasteiger partial charge in [-0.05, 0) is 18.2 Å². The van der Waals surface area contributed by atoms with Crippen LogP contribution in [0.3, 0.4) is 0 Å². The van der Waals surface area contributed by atoms with Gasteiger partial charge in [-0.15, -0.1) is 12.3 Å². The molecule has 4 nitrogen and oxygen atoms in total. The molecule has 0 aliphatic rings. The second kappa shape index (κ2) is 6.33. The summed E-state index contributed by atoms with van der Waals surface area (Å²) in [5, 5.41) is 0. The standard InChI is InChI=1S/C13H12O4/c1-3-4-8-17-13(15)11-7-5-6-10(9-11)12(14)16-2/h1,5-7,9H,4,8H2,2H3. The number of ether oxygens (including phenoxy) is 2. The summed E-state index contributed by atoms with van der Waals surface area (Å²) in [5.41, 5.74) is 0.601. The zero-order valence-electron chi connectivity index (χ0n) is 9.43. The van der Waals surface area contributed by atoms with Crippen LogP contribution >= 0.6 is 0 Å². The first-order chi connectivity index (χ1) is 8.19. The Morgan fingerprint density at radius 2 is 1.94 bits per heavy atom. The van der Waals surface area contributed by atoms with Crippen molar-refractivity contribution >= 4 is 11.9 Å². The molecular formula is C13H12O4. The van der Waals surface area contributed by atoms with Gasteiger partial charge in [0.05, 0.1) is 18.2 Å². The Morgan fingerprint density at radius 1 is 1.29 bits per heavy atom. The summed E-state index contributed by atoms with van der Waals surface area (Å²) in [5.74, 6) is 1.36. The van der Waals surface area contributed by atoms with Gasteiger partial charge in [0.15, 0.2) is 0 Å². The normalized spacial score (nSPS) is 9.18. The van der Waals surface area contributed by atoms with Crippen molar-refractivity contribution in [3.05, 3.63) is 35.4 Å². The number of carbonyl (C=O) groups is 2. The van der Waals surface area contributed by atoms with Crippen LogP contribution < -0.4 is 0 Å². The van der Waals surface area contributed by atoms with E-state index in [4.69, 9.17) is 11.2 Å². The summed E-state index contributed by atoms with van der Waals surface area (Å²) in [4.78, 5) is 22.8. The molecule has 0 spiro atoms. The molecule has 0 N–H and O–H groups in total. The Labute approximate surface area is 99.5 Å². The molecule has 0 aliphatic heterocycles. The van der Waals surface area contributed by atoms with E-state index in [1.807, 2.05) is 0 Å². The van der Waals surface area contributed by atoms with Crippen molar-refractivity contribution in [3.8, 4) is 12.3 Å². The van der Waals surface area contributed by atoms with E-state index in [-0.39, 0.29) is 6.61 Å². The van der Waals surface area contributed by atoms with Crippen LogP contribution in [0.5, 0.6) is 0 Å². The SMILES string of the molecule is C#CCCOC(=O)c1cccc(C(=O)OC)c1. The molecule has 1 aromatic rings. The number of rotatable bonds is 4. The van der Waals surface area contributed by atoms with Crippen LogP contribution in [0.15, 0.2) is 24.3 Å². The monoisotopic (exact) mass is 232 g/mol. The van der Waals surface area contributed by atoms with Gasteiger partial charge < -0.3 is 9.47 Å². The zero-order valence-corrected chi connectivity index (χ0v) is 9.43. The maximum atomic E-state index is 11.5. The van der Waals surface area contributed by atoms with Gasteiger partial charge >= 0.3 is 11.9 Å². The van der Waals surface area contributed by atoms with Gasteiger partial charge in [-0.2, -0.15) is 0 Å². The fourth-order valence-corrected chi connectivity index (χ4v) is 1.18. The minimum atomic E-state index is -0.508. The van der Waals surface area contributed by atoms with Crippen LogP contribution in [0, 0.1) is 12.3 Å². The first-order valence-electron chi connectivity index (χ1n) is 4.98. The second-order valence-corrected chi connectivity index (χ2v) is 3.16. The van der Waals surface area contributed by atoms with Crippen LogP contribution in [0.2, 0.25) is 0 Å². The summed E-state index contributed by atoms with van der Waals surface area (Å²) in [6.45, 7) is 0.164. The van der Waals surface area contributed by atoms with Crippen molar-refractivity contribution in [1.82, 2.24) is 0 Å². The Hall–Kier alpha value is -2.28. The largest absolute Gasteiger partial charge is 0.465 e. The molecule has 0 atom stereocenters. The highest BCUT2D eigenvalue weighted by atomic mass is 16.5. The predicted octanol–water partition coefficient (Wildman–Crippen LogP) is 1.65. The quantitative estimate of drug-likeness (QED) is 0.450. The fourth-order valence-electron chi connectivity index (χ4n) is 1.18. The minimum Gasteiger partial charge on any atom is -0.465 e. The fraction of sp³-hybridized carbons (Fsp3) is 0.231.